The van der Waals surface area contributed by atoms with Crippen molar-refractivity contribution < 1.29 is 0 Å². The summed E-state index contributed by atoms with van der Waals surface area (Å²) in [5.74, 6) is 0. The number of halogens is 1. The van der Waals surface area contributed by atoms with E-state index in [2.05, 4.69) is 51.3 Å². The van der Waals surface area contributed by atoms with E-state index < -0.39 is 0 Å². The van der Waals surface area contributed by atoms with Crippen LogP contribution in [-0.2, 0) is 6.54 Å². The molecule has 4 rings (SSSR count). The van der Waals surface area contributed by atoms with Crippen LogP contribution in [0.3, 0.4) is 0 Å². The highest BCUT2D eigenvalue weighted by atomic mass is 35.5. The first kappa shape index (κ1) is 17.0. The molecule has 26 heavy (non-hydrogen) atoms. The van der Waals surface area contributed by atoms with Crippen molar-refractivity contribution in [1.82, 2.24) is 15.1 Å². The molecule has 0 spiro atoms. The van der Waals surface area contributed by atoms with Crippen molar-refractivity contribution in [2.45, 2.75) is 6.54 Å². The summed E-state index contributed by atoms with van der Waals surface area (Å²) in [6.45, 7) is 8.36. The third-order valence-corrected chi connectivity index (χ3v) is 4.96. The van der Waals surface area contributed by atoms with Gasteiger partial charge in [-0.15, -0.1) is 0 Å². The Morgan fingerprint density at radius 2 is 1.81 bits per heavy atom. The maximum atomic E-state index is 6.47. The Morgan fingerprint density at radius 1 is 0.962 bits per heavy atom. The molecule has 0 atom stereocenters. The molecule has 2 aromatic carbocycles. The lowest BCUT2D eigenvalue weighted by Gasteiger charge is -2.26. The number of nitrogens with zero attached hydrogens (tertiary/aromatic N) is 4. The number of benzene rings is 2. The zero-order valence-corrected chi connectivity index (χ0v) is 15.3. The molecule has 0 N–H and O–H groups in total. The lowest BCUT2D eigenvalue weighted by molar-refractivity contribution is 0.343. The summed E-state index contributed by atoms with van der Waals surface area (Å²) in [6, 6.07) is 18.1. The van der Waals surface area contributed by atoms with Crippen molar-refractivity contribution in [2.75, 3.05) is 25.0 Å². The number of likely N-dealkylation sites (N-methyl/N-ethyl adjacent to an activating group) is 1. The molecule has 0 fully saturated rings. The Hall–Kier alpha value is -2.43. The molecule has 0 bridgehead atoms. The molecule has 4 nitrogen and oxygen atoms in total. The summed E-state index contributed by atoms with van der Waals surface area (Å²) in [7, 11) is 2.13. The Labute approximate surface area is 159 Å². The first-order valence-corrected chi connectivity index (χ1v) is 8.93. The van der Waals surface area contributed by atoms with Crippen LogP contribution in [0.2, 0.25) is 5.02 Å². The Bertz CT molecular complexity index is 924. The lowest BCUT2D eigenvalue weighted by atomic mass is 10.0. The molecule has 130 valence electrons. The molecule has 0 saturated heterocycles. The van der Waals surface area contributed by atoms with Crippen molar-refractivity contribution in [2.24, 2.45) is 0 Å². The van der Waals surface area contributed by atoms with Gasteiger partial charge in [-0.2, -0.15) is 10.2 Å². The Morgan fingerprint density at radius 3 is 2.58 bits per heavy atom. The summed E-state index contributed by atoms with van der Waals surface area (Å²) in [5.41, 5.74) is 5.72. The minimum Gasteiger partial charge on any atom is -0.339 e. The summed E-state index contributed by atoms with van der Waals surface area (Å²) in [4.78, 5) is 4.60. The van der Waals surface area contributed by atoms with Crippen molar-refractivity contribution in [3.05, 3.63) is 77.8 Å². The van der Waals surface area contributed by atoms with Crippen LogP contribution < -0.4 is 4.90 Å². The van der Waals surface area contributed by atoms with Crippen LogP contribution in [0.1, 0.15) is 11.3 Å². The van der Waals surface area contributed by atoms with Gasteiger partial charge in [-0.25, -0.2) is 0 Å². The van der Waals surface area contributed by atoms with Gasteiger partial charge in [0, 0.05) is 37.8 Å². The molecule has 0 unspecified atom stereocenters. The normalized spacial score (nSPS) is 14.8. The van der Waals surface area contributed by atoms with Gasteiger partial charge in [0.25, 0.3) is 0 Å². The maximum absolute atomic E-state index is 6.47. The van der Waals surface area contributed by atoms with E-state index in [4.69, 9.17) is 18.5 Å². The highest BCUT2D eigenvalue weighted by Crippen LogP contribution is 2.37. The molecule has 0 saturated carbocycles. The zero-order valence-electron chi connectivity index (χ0n) is 14.6. The maximum Gasteiger partial charge on any atom is 0.0929 e. The second-order valence-electron chi connectivity index (χ2n) is 6.53. The quantitative estimate of drug-likeness (QED) is 0.674. The number of aromatic nitrogens is 2. The van der Waals surface area contributed by atoms with E-state index >= 15 is 0 Å². The smallest absolute Gasteiger partial charge is 0.0929 e. The van der Waals surface area contributed by atoms with E-state index in [1.54, 1.807) is 6.07 Å². The van der Waals surface area contributed by atoms with Crippen LogP contribution in [0, 0.1) is 6.92 Å². The predicted octanol–water partition coefficient (Wildman–Crippen LogP) is 4.44. The molecule has 1 aromatic heterocycles. The Balaban J connectivity index is 1.79. The number of anilines is 2. The van der Waals surface area contributed by atoms with E-state index in [0.717, 1.165) is 41.6 Å². The van der Waals surface area contributed by atoms with Crippen LogP contribution in [0.15, 0.2) is 54.6 Å². The van der Waals surface area contributed by atoms with Crippen LogP contribution in [-0.4, -0.2) is 35.2 Å². The lowest BCUT2D eigenvalue weighted by Crippen LogP contribution is -2.26. The van der Waals surface area contributed by atoms with Gasteiger partial charge in [-0.05, 0) is 49.0 Å². The molecule has 2 radical (unpaired) electrons. The van der Waals surface area contributed by atoms with E-state index in [1.807, 2.05) is 24.3 Å². The molecule has 0 amide bonds. The molecule has 0 aliphatic carbocycles. The van der Waals surface area contributed by atoms with Crippen molar-refractivity contribution in [3.8, 4) is 11.3 Å². The summed E-state index contributed by atoms with van der Waals surface area (Å²) in [5, 5.41) is 8.93. The Kier molecular flexibility index (Phi) is 4.62. The van der Waals surface area contributed by atoms with E-state index in [9.17, 15) is 0 Å². The number of hydrogen-bond donors (Lipinski definition) is 0. The summed E-state index contributed by atoms with van der Waals surface area (Å²) >= 11 is 6.47. The molecule has 1 aliphatic rings. The second kappa shape index (κ2) is 7.06. The van der Waals surface area contributed by atoms with Gasteiger partial charge >= 0.3 is 0 Å². The van der Waals surface area contributed by atoms with Gasteiger partial charge < -0.3 is 9.80 Å². The van der Waals surface area contributed by atoms with Crippen LogP contribution in [0.25, 0.3) is 11.3 Å². The monoisotopic (exact) mass is 362 g/mol. The molecular formula is C21H19ClN4. The zero-order chi connectivity index (χ0) is 18.1. The number of fused-ring (bicyclic) bond motifs is 1. The molecule has 2 heterocycles. The van der Waals surface area contributed by atoms with Crippen molar-refractivity contribution >= 4 is 23.0 Å². The third-order valence-electron chi connectivity index (χ3n) is 4.64. The molecule has 5 heteroatoms. The van der Waals surface area contributed by atoms with E-state index in [-0.39, 0.29) is 0 Å². The van der Waals surface area contributed by atoms with Gasteiger partial charge in [0.15, 0.2) is 0 Å². The fraction of sp³-hybridized carbons (Fsp3) is 0.190. The van der Waals surface area contributed by atoms with Crippen molar-refractivity contribution in [3.63, 3.8) is 0 Å². The average molecular weight is 363 g/mol. The largest absolute Gasteiger partial charge is 0.339 e. The minimum absolute atomic E-state index is 0.424. The van der Waals surface area contributed by atoms with Crippen LogP contribution in [0.5, 0.6) is 0 Å². The SMILES string of the molecule is [CH]c1ccc(-c2ccc3c(c2)CN(C)CCN3c2ccccc2Cl)nn1. The first-order chi connectivity index (χ1) is 12.6. The third kappa shape index (κ3) is 3.30. The summed E-state index contributed by atoms with van der Waals surface area (Å²) < 4.78 is 0. The fourth-order valence-electron chi connectivity index (χ4n) is 3.31. The standard InChI is InChI=1S/C21H19ClN4/c1-15-7-9-19(24-23-15)16-8-10-20-17(13-16)14-25(2)11-12-26(20)21-6-4-3-5-18(21)22/h1,3-10,13H,11-12,14H2,2H3. The highest BCUT2D eigenvalue weighted by Gasteiger charge is 2.21. The molecule has 3 aromatic rings. The first-order valence-electron chi connectivity index (χ1n) is 8.55. The van der Waals surface area contributed by atoms with E-state index in [1.165, 1.54) is 11.3 Å². The van der Waals surface area contributed by atoms with Gasteiger partial charge in [0.2, 0.25) is 0 Å². The predicted molar refractivity (Wildman–Crippen MR) is 106 cm³/mol. The molecular weight excluding hydrogens is 344 g/mol. The van der Waals surface area contributed by atoms with Gasteiger partial charge in [-0.3, -0.25) is 0 Å². The number of hydrogen-bond acceptors (Lipinski definition) is 4. The van der Waals surface area contributed by atoms with Crippen LogP contribution >= 0.6 is 11.6 Å². The highest BCUT2D eigenvalue weighted by molar-refractivity contribution is 6.33. The van der Waals surface area contributed by atoms with Gasteiger partial charge in [0.1, 0.15) is 0 Å². The van der Waals surface area contributed by atoms with Crippen molar-refractivity contribution in [1.29, 1.82) is 0 Å². The summed E-state index contributed by atoms with van der Waals surface area (Å²) in [6.07, 6.45) is 0. The topological polar surface area (TPSA) is 32.3 Å². The second-order valence-corrected chi connectivity index (χ2v) is 6.93. The minimum atomic E-state index is 0.424. The van der Waals surface area contributed by atoms with E-state index in [0.29, 0.717) is 5.69 Å². The molecule has 1 aliphatic heterocycles. The van der Waals surface area contributed by atoms with Gasteiger partial charge in [-0.1, -0.05) is 29.8 Å². The van der Waals surface area contributed by atoms with Crippen LogP contribution in [0.4, 0.5) is 11.4 Å². The average Bonchev–Trinajstić information content (AvgIpc) is 2.80. The fourth-order valence-corrected chi connectivity index (χ4v) is 3.55. The number of para-hydroxylation sites is 1. The number of rotatable bonds is 2. The van der Waals surface area contributed by atoms with Gasteiger partial charge in [0.05, 0.1) is 22.1 Å².